The smallest absolute Gasteiger partial charge is 0.146 e. The molecule has 1 aromatic rings. The second kappa shape index (κ2) is 5.43. The second-order valence-corrected chi connectivity index (χ2v) is 3.02. The highest BCUT2D eigenvalue weighted by molar-refractivity contribution is 5.62. The quantitative estimate of drug-likeness (QED) is 0.600. The molecule has 0 aliphatic heterocycles. The van der Waals surface area contributed by atoms with Crippen LogP contribution in [0.4, 0.5) is 5.69 Å². The highest BCUT2D eigenvalue weighted by atomic mass is 16.5. The van der Waals surface area contributed by atoms with Gasteiger partial charge in [-0.1, -0.05) is 6.07 Å². The van der Waals surface area contributed by atoms with Gasteiger partial charge in [-0.15, -0.1) is 0 Å². The number of aliphatic hydroxyl groups is 2. The highest BCUT2D eigenvalue weighted by Gasteiger charge is 2.08. The summed E-state index contributed by atoms with van der Waals surface area (Å²) in [5, 5.41) is 17.7. The zero-order valence-corrected chi connectivity index (χ0v) is 8.51. The zero-order chi connectivity index (χ0) is 11.3. The molecule has 0 bridgehead atoms. The monoisotopic (exact) mass is 213 g/mol. The molecular weight excluding hydrogens is 198 g/mol. The molecule has 1 aromatic carbocycles. The maximum atomic E-state index is 9.09. The molecule has 84 valence electrons. The van der Waals surface area contributed by atoms with Crippen molar-refractivity contribution in [1.29, 1.82) is 0 Å². The average Bonchev–Trinajstić information content (AvgIpc) is 2.27. The van der Waals surface area contributed by atoms with E-state index < -0.39 is 6.10 Å². The minimum atomic E-state index is -0.907. The van der Waals surface area contributed by atoms with Crippen molar-refractivity contribution in [1.82, 2.24) is 0 Å². The predicted molar refractivity (Wildman–Crippen MR) is 56.0 cm³/mol. The molecule has 0 fully saturated rings. The van der Waals surface area contributed by atoms with Crippen molar-refractivity contribution in [2.24, 2.45) is 0 Å². The number of hydrogen-bond acceptors (Lipinski definition) is 5. The Morgan fingerprint density at radius 2 is 2.07 bits per heavy atom. The summed E-state index contributed by atoms with van der Waals surface area (Å²) < 4.78 is 10.2. The van der Waals surface area contributed by atoms with Gasteiger partial charge in [0.1, 0.15) is 29.9 Å². The van der Waals surface area contributed by atoms with Gasteiger partial charge >= 0.3 is 0 Å². The van der Waals surface area contributed by atoms with Gasteiger partial charge in [-0.05, 0) is 12.1 Å². The molecule has 5 heteroatoms. The fraction of sp³-hybridized carbons (Fsp3) is 0.400. The lowest BCUT2D eigenvalue weighted by Gasteiger charge is -2.13. The number of para-hydroxylation sites is 1. The Bertz CT molecular complexity index is 316. The van der Waals surface area contributed by atoms with Crippen molar-refractivity contribution < 1.29 is 19.7 Å². The Hall–Kier alpha value is -1.46. The summed E-state index contributed by atoms with van der Waals surface area (Å²) in [4.78, 5) is 0. The van der Waals surface area contributed by atoms with Gasteiger partial charge in [0.25, 0.3) is 0 Å². The van der Waals surface area contributed by atoms with E-state index in [1.165, 1.54) is 7.11 Å². The molecule has 0 amide bonds. The lowest BCUT2D eigenvalue weighted by molar-refractivity contribution is 0.0538. The number of methoxy groups -OCH3 is 1. The van der Waals surface area contributed by atoms with E-state index >= 15 is 0 Å². The number of nitrogen functional groups attached to an aromatic ring is 1. The molecule has 0 spiro atoms. The van der Waals surface area contributed by atoms with Crippen LogP contribution in [0.5, 0.6) is 11.5 Å². The Kier molecular flexibility index (Phi) is 4.20. The van der Waals surface area contributed by atoms with Gasteiger partial charge in [0.05, 0.1) is 13.7 Å². The minimum Gasteiger partial charge on any atom is -0.494 e. The molecule has 1 rings (SSSR count). The van der Waals surface area contributed by atoms with Gasteiger partial charge in [0.2, 0.25) is 0 Å². The SMILES string of the molecule is COc1cccc(OCC(O)CO)c1N. The normalized spacial score (nSPS) is 12.2. The van der Waals surface area contributed by atoms with Crippen LogP contribution in [0.25, 0.3) is 0 Å². The van der Waals surface area contributed by atoms with Crippen molar-refractivity contribution in [3.8, 4) is 11.5 Å². The number of aliphatic hydroxyl groups excluding tert-OH is 2. The van der Waals surface area contributed by atoms with Crippen LogP contribution >= 0.6 is 0 Å². The molecule has 15 heavy (non-hydrogen) atoms. The molecule has 0 heterocycles. The zero-order valence-electron chi connectivity index (χ0n) is 8.51. The van der Waals surface area contributed by atoms with Gasteiger partial charge in [-0.25, -0.2) is 0 Å². The van der Waals surface area contributed by atoms with Crippen LogP contribution < -0.4 is 15.2 Å². The van der Waals surface area contributed by atoms with E-state index in [0.717, 1.165) is 0 Å². The van der Waals surface area contributed by atoms with Crippen molar-refractivity contribution in [3.63, 3.8) is 0 Å². The molecule has 1 unspecified atom stereocenters. The molecular formula is C10H15NO4. The summed E-state index contributed by atoms with van der Waals surface area (Å²) in [6.07, 6.45) is -0.907. The summed E-state index contributed by atoms with van der Waals surface area (Å²) in [6.45, 7) is -0.349. The third kappa shape index (κ3) is 3.00. The summed E-state index contributed by atoms with van der Waals surface area (Å²) in [6, 6.07) is 5.11. The summed E-state index contributed by atoms with van der Waals surface area (Å²) in [5.74, 6) is 0.952. The first-order chi connectivity index (χ1) is 7.19. The maximum Gasteiger partial charge on any atom is 0.146 e. The van der Waals surface area contributed by atoms with Crippen molar-refractivity contribution in [2.75, 3.05) is 26.1 Å². The van der Waals surface area contributed by atoms with Crippen molar-refractivity contribution >= 4 is 5.69 Å². The molecule has 0 aliphatic rings. The molecule has 5 nitrogen and oxygen atoms in total. The first kappa shape index (κ1) is 11.6. The molecule has 0 radical (unpaired) electrons. The molecule has 4 N–H and O–H groups in total. The fourth-order valence-corrected chi connectivity index (χ4v) is 1.07. The van der Waals surface area contributed by atoms with E-state index in [9.17, 15) is 0 Å². The second-order valence-electron chi connectivity index (χ2n) is 3.02. The standard InChI is InChI=1S/C10H15NO4/c1-14-8-3-2-4-9(10(8)11)15-6-7(13)5-12/h2-4,7,12-13H,5-6,11H2,1H3. The van der Waals surface area contributed by atoms with Crippen molar-refractivity contribution in [2.45, 2.75) is 6.10 Å². The summed E-state index contributed by atoms with van der Waals surface area (Å²) in [7, 11) is 1.51. The molecule has 0 saturated carbocycles. The van der Waals surface area contributed by atoms with Gasteiger partial charge in [0.15, 0.2) is 0 Å². The van der Waals surface area contributed by atoms with Crippen LogP contribution in [-0.2, 0) is 0 Å². The third-order valence-electron chi connectivity index (χ3n) is 1.89. The Morgan fingerprint density at radius 3 is 2.67 bits per heavy atom. The van der Waals surface area contributed by atoms with E-state index in [-0.39, 0.29) is 13.2 Å². The fourth-order valence-electron chi connectivity index (χ4n) is 1.07. The van der Waals surface area contributed by atoms with E-state index in [0.29, 0.717) is 17.2 Å². The first-order valence-corrected chi connectivity index (χ1v) is 4.53. The Morgan fingerprint density at radius 1 is 1.40 bits per heavy atom. The Balaban J connectivity index is 2.68. The number of rotatable bonds is 5. The van der Waals surface area contributed by atoms with Crippen LogP contribution in [0.15, 0.2) is 18.2 Å². The van der Waals surface area contributed by atoms with E-state index in [1.807, 2.05) is 0 Å². The van der Waals surface area contributed by atoms with Gasteiger partial charge < -0.3 is 25.4 Å². The lowest BCUT2D eigenvalue weighted by Crippen LogP contribution is -2.21. The molecule has 0 aliphatic carbocycles. The molecule has 0 saturated heterocycles. The van der Waals surface area contributed by atoms with Crippen LogP contribution in [-0.4, -0.2) is 36.6 Å². The summed E-state index contributed by atoms with van der Waals surface area (Å²) in [5.41, 5.74) is 6.11. The van der Waals surface area contributed by atoms with Gasteiger partial charge in [-0.3, -0.25) is 0 Å². The minimum absolute atomic E-state index is 0.00608. The van der Waals surface area contributed by atoms with Crippen molar-refractivity contribution in [3.05, 3.63) is 18.2 Å². The van der Waals surface area contributed by atoms with E-state index in [4.69, 9.17) is 25.4 Å². The number of nitrogens with two attached hydrogens (primary N) is 1. The number of benzene rings is 1. The highest BCUT2D eigenvalue weighted by Crippen LogP contribution is 2.30. The van der Waals surface area contributed by atoms with Crippen LogP contribution in [0, 0.1) is 0 Å². The summed E-state index contributed by atoms with van der Waals surface area (Å²) >= 11 is 0. The lowest BCUT2D eigenvalue weighted by atomic mass is 10.2. The number of hydrogen-bond donors (Lipinski definition) is 3. The predicted octanol–water partition coefficient (Wildman–Crippen LogP) is 0.00940. The largest absolute Gasteiger partial charge is 0.494 e. The van der Waals surface area contributed by atoms with Gasteiger partial charge in [-0.2, -0.15) is 0 Å². The average molecular weight is 213 g/mol. The molecule has 0 aromatic heterocycles. The van der Waals surface area contributed by atoms with Crippen LogP contribution in [0.2, 0.25) is 0 Å². The van der Waals surface area contributed by atoms with E-state index in [2.05, 4.69) is 0 Å². The van der Waals surface area contributed by atoms with Crippen LogP contribution in [0.3, 0.4) is 0 Å². The topological polar surface area (TPSA) is 84.9 Å². The number of ether oxygens (including phenoxy) is 2. The Labute approximate surface area is 88.0 Å². The molecule has 1 atom stereocenters. The maximum absolute atomic E-state index is 9.09. The van der Waals surface area contributed by atoms with E-state index in [1.54, 1.807) is 18.2 Å². The van der Waals surface area contributed by atoms with Crippen LogP contribution in [0.1, 0.15) is 0 Å². The van der Waals surface area contributed by atoms with Gasteiger partial charge in [0, 0.05) is 0 Å². The number of anilines is 1. The third-order valence-corrected chi connectivity index (χ3v) is 1.89. The first-order valence-electron chi connectivity index (χ1n) is 4.53.